The highest BCUT2D eigenvalue weighted by atomic mass is 19.1. The second-order valence-electron chi connectivity index (χ2n) is 4.05. The smallest absolute Gasteiger partial charge is 0.186 e. The van der Waals surface area contributed by atoms with Crippen LogP contribution in [0, 0.1) is 5.82 Å². The van der Waals surface area contributed by atoms with Crippen LogP contribution in [-0.2, 0) is 6.42 Å². The lowest BCUT2D eigenvalue weighted by Gasteiger charge is -2.25. The predicted molar refractivity (Wildman–Crippen MR) is 58.1 cm³/mol. The van der Waals surface area contributed by atoms with Crippen LogP contribution in [0.3, 0.4) is 0 Å². The number of aromatic nitrogens is 2. The monoisotopic (exact) mass is 212 g/mol. The first-order valence-corrected chi connectivity index (χ1v) is 4.98. The maximum atomic E-state index is 13.7. The van der Waals surface area contributed by atoms with Crippen LogP contribution in [0.4, 0.5) is 10.2 Å². The Balaban J connectivity index is 2.95. The van der Waals surface area contributed by atoms with E-state index in [2.05, 4.69) is 15.3 Å². The van der Waals surface area contributed by atoms with Crippen LogP contribution in [0.5, 0.6) is 0 Å². The van der Waals surface area contributed by atoms with Crippen molar-refractivity contribution in [3.8, 4) is 0 Å². The Labute approximate surface area is 89.1 Å². The SMILES string of the molecule is CCc1ncnc(NC(C)(C)CN)c1F. The van der Waals surface area contributed by atoms with E-state index in [0.717, 1.165) is 0 Å². The highest BCUT2D eigenvalue weighted by Gasteiger charge is 2.19. The van der Waals surface area contributed by atoms with Gasteiger partial charge in [0.05, 0.1) is 5.69 Å². The van der Waals surface area contributed by atoms with Gasteiger partial charge in [0, 0.05) is 12.1 Å². The summed E-state index contributed by atoms with van der Waals surface area (Å²) in [5.41, 5.74) is 5.59. The highest BCUT2D eigenvalue weighted by molar-refractivity contribution is 5.39. The normalized spacial score (nSPS) is 11.5. The summed E-state index contributed by atoms with van der Waals surface area (Å²) in [6.07, 6.45) is 1.91. The Morgan fingerprint density at radius 2 is 2.13 bits per heavy atom. The summed E-state index contributed by atoms with van der Waals surface area (Å²) < 4.78 is 13.7. The molecule has 0 atom stereocenters. The molecule has 0 aromatic carbocycles. The van der Waals surface area contributed by atoms with Gasteiger partial charge in [0.2, 0.25) is 0 Å². The summed E-state index contributed by atoms with van der Waals surface area (Å²) in [5, 5.41) is 2.96. The standard InChI is InChI=1S/C10H17FN4/c1-4-7-8(11)9(14-6-13-7)15-10(2,3)5-12/h6H,4-5,12H2,1-3H3,(H,13,14,15). The van der Waals surface area contributed by atoms with Crippen molar-refractivity contribution in [1.29, 1.82) is 0 Å². The Hall–Kier alpha value is -1.23. The first kappa shape index (κ1) is 11.8. The van der Waals surface area contributed by atoms with Gasteiger partial charge in [-0.1, -0.05) is 6.92 Å². The fraction of sp³-hybridized carbons (Fsp3) is 0.600. The van der Waals surface area contributed by atoms with Gasteiger partial charge < -0.3 is 11.1 Å². The molecule has 15 heavy (non-hydrogen) atoms. The first-order valence-electron chi connectivity index (χ1n) is 4.98. The highest BCUT2D eigenvalue weighted by Crippen LogP contribution is 2.17. The molecular weight excluding hydrogens is 195 g/mol. The van der Waals surface area contributed by atoms with Gasteiger partial charge in [0.1, 0.15) is 6.33 Å². The summed E-state index contributed by atoms with van der Waals surface area (Å²) >= 11 is 0. The molecule has 1 heterocycles. The van der Waals surface area contributed by atoms with Gasteiger partial charge in [0.25, 0.3) is 0 Å². The Kier molecular flexibility index (Phi) is 3.57. The molecule has 0 bridgehead atoms. The zero-order valence-corrected chi connectivity index (χ0v) is 9.34. The van der Waals surface area contributed by atoms with Gasteiger partial charge in [-0.2, -0.15) is 0 Å². The fourth-order valence-corrected chi connectivity index (χ4v) is 1.11. The first-order chi connectivity index (χ1) is 7.00. The van der Waals surface area contributed by atoms with Crippen LogP contribution in [0.25, 0.3) is 0 Å². The van der Waals surface area contributed by atoms with Crippen molar-refractivity contribution in [2.24, 2.45) is 5.73 Å². The number of hydrogen-bond donors (Lipinski definition) is 2. The third-order valence-electron chi connectivity index (χ3n) is 2.16. The minimum absolute atomic E-state index is 0.220. The predicted octanol–water partition coefficient (Wildman–Crippen LogP) is 1.33. The topological polar surface area (TPSA) is 63.8 Å². The average molecular weight is 212 g/mol. The molecule has 0 fully saturated rings. The van der Waals surface area contributed by atoms with E-state index >= 15 is 0 Å². The molecule has 0 amide bonds. The van der Waals surface area contributed by atoms with Crippen molar-refractivity contribution in [3.05, 3.63) is 17.8 Å². The molecule has 0 aliphatic carbocycles. The lowest BCUT2D eigenvalue weighted by Crippen LogP contribution is -2.39. The Bertz CT molecular complexity index is 338. The van der Waals surface area contributed by atoms with E-state index in [1.54, 1.807) is 0 Å². The number of halogens is 1. The van der Waals surface area contributed by atoms with Crippen LogP contribution in [-0.4, -0.2) is 22.1 Å². The number of rotatable bonds is 4. The lowest BCUT2D eigenvalue weighted by atomic mass is 10.1. The number of hydrogen-bond acceptors (Lipinski definition) is 4. The maximum Gasteiger partial charge on any atom is 0.186 e. The minimum atomic E-state index is -0.387. The Morgan fingerprint density at radius 3 is 2.67 bits per heavy atom. The van der Waals surface area contributed by atoms with Gasteiger partial charge >= 0.3 is 0 Å². The van der Waals surface area contributed by atoms with E-state index in [1.165, 1.54) is 6.33 Å². The van der Waals surface area contributed by atoms with E-state index in [1.807, 2.05) is 20.8 Å². The Morgan fingerprint density at radius 1 is 1.47 bits per heavy atom. The second-order valence-corrected chi connectivity index (χ2v) is 4.05. The third-order valence-corrected chi connectivity index (χ3v) is 2.16. The molecule has 0 aliphatic rings. The summed E-state index contributed by atoms with van der Waals surface area (Å²) in [4.78, 5) is 7.72. The van der Waals surface area contributed by atoms with Crippen LogP contribution in [0.15, 0.2) is 6.33 Å². The zero-order valence-electron chi connectivity index (χ0n) is 9.34. The summed E-state index contributed by atoms with van der Waals surface area (Å²) in [6.45, 7) is 6.03. The molecule has 0 spiro atoms. The van der Waals surface area contributed by atoms with Crippen molar-refractivity contribution < 1.29 is 4.39 Å². The van der Waals surface area contributed by atoms with E-state index in [0.29, 0.717) is 18.7 Å². The molecule has 0 saturated heterocycles. The summed E-state index contributed by atoms with van der Waals surface area (Å²) in [5.74, 6) is -0.168. The van der Waals surface area contributed by atoms with Crippen LogP contribution < -0.4 is 11.1 Å². The number of nitrogens with zero attached hydrogens (tertiary/aromatic N) is 2. The van der Waals surface area contributed by atoms with Crippen molar-refractivity contribution in [2.45, 2.75) is 32.7 Å². The largest absolute Gasteiger partial charge is 0.361 e. The molecule has 1 aromatic heterocycles. The van der Waals surface area contributed by atoms with Gasteiger partial charge in [-0.25, -0.2) is 14.4 Å². The number of aryl methyl sites for hydroxylation is 1. The summed E-state index contributed by atoms with van der Waals surface area (Å²) in [7, 11) is 0. The van der Waals surface area contributed by atoms with Crippen LogP contribution in [0.1, 0.15) is 26.5 Å². The van der Waals surface area contributed by atoms with Gasteiger partial charge in [-0.15, -0.1) is 0 Å². The van der Waals surface area contributed by atoms with Crippen molar-refractivity contribution in [2.75, 3.05) is 11.9 Å². The number of anilines is 1. The fourth-order valence-electron chi connectivity index (χ4n) is 1.11. The number of nitrogens with one attached hydrogen (secondary N) is 1. The molecule has 1 aromatic rings. The van der Waals surface area contributed by atoms with E-state index < -0.39 is 0 Å². The summed E-state index contributed by atoms with van der Waals surface area (Å²) in [6, 6.07) is 0. The quantitative estimate of drug-likeness (QED) is 0.790. The van der Waals surface area contributed by atoms with Crippen molar-refractivity contribution in [1.82, 2.24) is 9.97 Å². The number of nitrogens with two attached hydrogens (primary N) is 1. The van der Waals surface area contributed by atoms with Crippen molar-refractivity contribution in [3.63, 3.8) is 0 Å². The second kappa shape index (κ2) is 4.53. The molecule has 0 unspecified atom stereocenters. The van der Waals surface area contributed by atoms with Gasteiger partial charge in [-0.3, -0.25) is 0 Å². The molecule has 0 saturated carbocycles. The van der Waals surface area contributed by atoms with E-state index in [4.69, 9.17) is 5.73 Å². The van der Waals surface area contributed by atoms with Crippen molar-refractivity contribution >= 4 is 5.82 Å². The molecular formula is C10H17FN4. The van der Waals surface area contributed by atoms with Gasteiger partial charge in [-0.05, 0) is 20.3 Å². The van der Waals surface area contributed by atoms with E-state index in [9.17, 15) is 4.39 Å². The lowest BCUT2D eigenvalue weighted by molar-refractivity contribution is 0.551. The zero-order chi connectivity index (χ0) is 11.5. The minimum Gasteiger partial charge on any atom is -0.361 e. The maximum absolute atomic E-state index is 13.7. The molecule has 84 valence electrons. The van der Waals surface area contributed by atoms with Gasteiger partial charge in [0.15, 0.2) is 11.6 Å². The van der Waals surface area contributed by atoms with Crippen LogP contribution in [0.2, 0.25) is 0 Å². The molecule has 0 aliphatic heterocycles. The average Bonchev–Trinajstić information content (AvgIpc) is 2.21. The third kappa shape index (κ3) is 2.86. The molecule has 4 nitrogen and oxygen atoms in total. The molecule has 1 rings (SSSR count). The van der Waals surface area contributed by atoms with Crippen LogP contribution >= 0.6 is 0 Å². The molecule has 5 heteroatoms. The molecule has 3 N–H and O–H groups in total. The van der Waals surface area contributed by atoms with E-state index in [-0.39, 0.29) is 17.2 Å². The molecule has 0 radical (unpaired) electrons.